The summed E-state index contributed by atoms with van der Waals surface area (Å²) in [6.07, 6.45) is -1.72. The van der Waals surface area contributed by atoms with Gasteiger partial charge in [-0.15, -0.1) is 0 Å². The lowest BCUT2D eigenvalue weighted by Crippen LogP contribution is -2.23. The molecule has 1 amide bonds. The van der Waals surface area contributed by atoms with Crippen LogP contribution >= 0.6 is 11.6 Å². The van der Waals surface area contributed by atoms with Crippen LogP contribution in [0.15, 0.2) is 72.9 Å². The number of rotatable bonds is 6. The Kier molecular flexibility index (Phi) is 6.16. The van der Waals surface area contributed by atoms with E-state index in [0.29, 0.717) is 34.6 Å². The second-order valence-corrected chi connectivity index (χ2v) is 7.93. The van der Waals surface area contributed by atoms with Crippen molar-refractivity contribution in [2.45, 2.75) is 20.0 Å². The fraction of sp³-hybridized carbons (Fsp3) is 0.120. The predicted molar refractivity (Wildman–Crippen MR) is 125 cm³/mol. The number of hydrogen-bond acceptors (Lipinski definition) is 3. The Balaban J connectivity index is 1.62. The zero-order chi connectivity index (χ0) is 23.6. The van der Waals surface area contributed by atoms with E-state index >= 15 is 0 Å². The lowest BCUT2D eigenvalue weighted by molar-refractivity contribution is -0.159. The van der Waals surface area contributed by atoms with Crippen LogP contribution in [0.2, 0.25) is 5.02 Å². The molecule has 168 valence electrons. The Morgan fingerprint density at radius 3 is 2.58 bits per heavy atom. The highest BCUT2D eigenvalue weighted by Gasteiger charge is 2.27. The first-order chi connectivity index (χ1) is 15.7. The number of halogens is 3. The largest absolute Gasteiger partial charge is 0.432 e. The zero-order valence-corrected chi connectivity index (χ0v) is 18.6. The van der Waals surface area contributed by atoms with E-state index in [2.05, 4.69) is 15.3 Å². The van der Waals surface area contributed by atoms with Crippen LogP contribution in [0.1, 0.15) is 22.8 Å². The maximum atomic E-state index is 13.5. The van der Waals surface area contributed by atoms with Crippen molar-refractivity contribution in [3.63, 3.8) is 0 Å². The molecule has 5 nitrogen and oxygen atoms in total. The number of para-hydroxylation sites is 1. The number of H-pyrrole nitrogens is 1. The molecule has 0 bridgehead atoms. The van der Waals surface area contributed by atoms with Crippen molar-refractivity contribution < 1.29 is 18.3 Å². The van der Waals surface area contributed by atoms with Gasteiger partial charge < -0.3 is 15.0 Å². The summed E-state index contributed by atoms with van der Waals surface area (Å²) in [6.45, 7) is 2.22. The third-order valence-corrected chi connectivity index (χ3v) is 5.21. The number of amides is 1. The summed E-state index contributed by atoms with van der Waals surface area (Å²) in [4.78, 5) is 20.5. The van der Waals surface area contributed by atoms with Gasteiger partial charge in [-0.3, -0.25) is 4.79 Å². The maximum absolute atomic E-state index is 13.5. The molecule has 1 heterocycles. The van der Waals surface area contributed by atoms with Crippen LogP contribution in [0.3, 0.4) is 0 Å². The molecule has 0 spiro atoms. The molecular weight excluding hydrogens is 448 g/mol. The van der Waals surface area contributed by atoms with Crippen LogP contribution in [0, 0.1) is 6.92 Å². The Morgan fingerprint density at radius 2 is 1.85 bits per heavy atom. The van der Waals surface area contributed by atoms with Gasteiger partial charge in [0.2, 0.25) is 0 Å². The smallest absolute Gasteiger partial charge is 0.394 e. The number of anilines is 1. The number of benzene rings is 3. The van der Waals surface area contributed by atoms with Crippen molar-refractivity contribution in [1.82, 2.24) is 9.97 Å². The summed E-state index contributed by atoms with van der Waals surface area (Å²) in [5.74, 6) is -0.231. The topological polar surface area (TPSA) is 67.0 Å². The molecule has 0 aliphatic carbocycles. The first kappa shape index (κ1) is 22.5. The van der Waals surface area contributed by atoms with E-state index < -0.39 is 12.0 Å². The Morgan fingerprint density at radius 1 is 1.09 bits per heavy atom. The average molecular weight is 468 g/mol. The maximum Gasteiger partial charge on any atom is 0.394 e. The number of hydrogen-bond donors (Lipinski definition) is 2. The van der Waals surface area contributed by atoms with Crippen LogP contribution in [0.5, 0.6) is 5.75 Å². The summed E-state index contributed by atoms with van der Waals surface area (Å²) >= 11 is 6.38. The van der Waals surface area contributed by atoms with E-state index in [1.54, 1.807) is 43.5 Å². The van der Waals surface area contributed by atoms with Gasteiger partial charge in [0, 0.05) is 18.2 Å². The molecule has 33 heavy (non-hydrogen) atoms. The number of ether oxygens (including phenoxy) is 1. The number of aromatic amines is 1. The van der Waals surface area contributed by atoms with Crippen molar-refractivity contribution in [3.05, 3.63) is 89.1 Å². The summed E-state index contributed by atoms with van der Waals surface area (Å²) in [7, 11) is 0. The van der Waals surface area contributed by atoms with Crippen LogP contribution in [0.4, 0.5) is 14.5 Å². The zero-order valence-electron chi connectivity index (χ0n) is 17.8. The molecule has 0 aliphatic heterocycles. The highest BCUT2D eigenvalue weighted by Crippen LogP contribution is 2.32. The van der Waals surface area contributed by atoms with Gasteiger partial charge in [0.1, 0.15) is 11.6 Å². The second-order valence-electron chi connectivity index (χ2n) is 7.52. The quantitative estimate of drug-likeness (QED) is 0.322. The third-order valence-electron chi connectivity index (χ3n) is 4.88. The molecule has 0 saturated carbocycles. The molecule has 2 N–H and O–H groups in total. The second kappa shape index (κ2) is 9.03. The van der Waals surface area contributed by atoms with E-state index in [4.69, 9.17) is 16.3 Å². The Labute approximate surface area is 194 Å². The SMILES string of the molecule is Cc1cccc(C(=O)Nc2ccc(Cl)c(-c3ncc(-c4ccccc4)[nH]3)c2)c1OC(C)(F)F. The molecule has 0 saturated heterocycles. The van der Waals surface area contributed by atoms with Gasteiger partial charge >= 0.3 is 6.11 Å². The van der Waals surface area contributed by atoms with Gasteiger partial charge in [0.15, 0.2) is 0 Å². The lowest BCUT2D eigenvalue weighted by Gasteiger charge is -2.18. The van der Waals surface area contributed by atoms with Crippen molar-refractivity contribution in [3.8, 4) is 28.4 Å². The van der Waals surface area contributed by atoms with Gasteiger partial charge in [0.25, 0.3) is 5.91 Å². The number of aryl methyl sites for hydroxylation is 1. The number of nitrogens with one attached hydrogen (secondary N) is 2. The van der Waals surface area contributed by atoms with Crippen molar-refractivity contribution in [2.24, 2.45) is 0 Å². The van der Waals surface area contributed by atoms with Crippen LogP contribution in [-0.4, -0.2) is 22.0 Å². The number of imidazole rings is 1. The van der Waals surface area contributed by atoms with E-state index in [1.165, 1.54) is 6.07 Å². The fourth-order valence-electron chi connectivity index (χ4n) is 3.35. The summed E-state index contributed by atoms with van der Waals surface area (Å²) in [6, 6.07) is 19.2. The van der Waals surface area contributed by atoms with Gasteiger partial charge in [-0.2, -0.15) is 8.78 Å². The summed E-state index contributed by atoms with van der Waals surface area (Å²) in [5.41, 5.74) is 3.21. The number of carbonyl (C=O) groups excluding carboxylic acids is 1. The molecule has 1 aromatic heterocycles. The van der Waals surface area contributed by atoms with Crippen LogP contribution in [0.25, 0.3) is 22.6 Å². The molecule has 4 rings (SSSR count). The van der Waals surface area contributed by atoms with E-state index in [-0.39, 0.29) is 11.3 Å². The number of aromatic nitrogens is 2. The fourth-order valence-corrected chi connectivity index (χ4v) is 3.56. The first-order valence-corrected chi connectivity index (χ1v) is 10.5. The monoisotopic (exact) mass is 467 g/mol. The summed E-state index contributed by atoms with van der Waals surface area (Å²) < 4.78 is 31.7. The molecule has 0 radical (unpaired) electrons. The van der Waals surface area contributed by atoms with E-state index in [0.717, 1.165) is 11.3 Å². The highest BCUT2D eigenvalue weighted by atomic mass is 35.5. The van der Waals surface area contributed by atoms with Crippen molar-refractivity contribution >= 4 is 23.2 Å². The molecular formula is C25H20ClF2N3O2. The van der Waals surface area contributed by atoms with Crippen LogP contribution in [-0.2, 0) is 0 Å². The number of carbonyl (C=O) groups is 1. The minimum atomic E-state index is -3.43. The molecule has 0 atom stereocenters. The van der Waals surface area contributed by atoms with Gasteiger partial charge in [-0.25, -0.2) is 4.98 Å². The molecule has 0 fully saturated rings. The minimum Gasteiger partial charge on any atom is -0.432 e. The van der Waals surface area contributed by atoms with Gasteiger partial charge in [0.05, 0.1) is 22.5 Å². The Hall–Kier alpha value is -3.71. The third kappa shape index (κ3) is 5.21. The lowest BCUT2D eigenvalue weighted by atomic mass is 10.1. The van der Waals surface area contributed by atoms with Crippen molar-refractivity contribution in [2.75, 3.05) is 5.32 Å². The first-order valence-electron chi connectivity index (χ1n) is 10.1. The van der Waals surface area contributed by atoms with E-state index in [1.807, 2.05) is 30.3 Å². The number of alkyl halides is 2. The van der Waals surface area contributed by atoms with E-state index in [9.17, 15) is 13.6 Å². The normalized spacial score (nSPS) is 11.3. The average Bonchev–Trinajstić information content (AvgIpc) is 3.26. The minimum absolute atomic E-state index is 0.00242. The molecule has 0 aliphatic rings. The highest BCUT2D eigenvalue weighted by molar-refractivity contribution is 6.33. The standard InChI is InChI=1S/C25H20ClF2N3O2/c1-15-7-6-10-18(22(15)33-25(2,27)28)24(32)30-17-11-12-20(26)19(13-17)23-29-14-21(31-23)16-8-4-3-5-9-16/h3-14H,1-2H3,(H,29,31)(H,30,32). The van der Waals surface area contributed by atoms with Gasteiger partial charge in [-0.05, 0) is 42.3 Å². The van der Waals surface area contributed by atoms with Crippen molar-refractivity contribution in [1.29, 1.82) is 0 Å². The predicted octanol–water partition coefficient (Wildman–Crippen LogP) is 6.95. The van der Waals surface area contributed by atoms with Crippen LogP contribution < -0.4 is 10.1 Å². The molecule has 3 aromatic carbocycles. The Bertz CT molecular complexity index is 1300. The molecule has 8 heteroatoms. The number of nitrogens with zero attached hydrogens (tertiary/aromatic N) is 1. The van der Waals surface area contributed by atoms with Gasteiger partial charge in [-0.1, -0.05) is 54.1 Å². The molecule has 4 aromatic rings. The molecule has 0 unspecified atom stereocenters. The summed E-state index contributed by atoms with van der Waals surface area (Å²) in [5, 5.41) is 3.16.